The molecule has 0 radical (unpaired) electrons. The Labute approximate surface area is 153 Å². The van der Waals surface area contributed by atoms with Crippen LogP contribution in [-0.4, -0.2) is 21.0 Å². The van der Waals surface area contributed by atoms with E-state index in [1.54, 1.807) is 0 Å². The van der Waals surface area contributed by atoms with Crippen molar-refractivity contribution in [2.45, 2.75) is 0 Å². The highest BCUT2D eigenvalue weighted by Gasteiger charge is 2.13. The second-order valence-corrected chi connectivity index (χ2v) is 5.49. The Bertz CT molecular complexity index is 1050. The number of hydrogen-bond donors (Lipinski definition) is 2. The minimum Gasteiger partial charge on any atom is -0.321 e. The van der Waals surface area contributed by atoms with E-state index in [4.69, 9.17) is 0 Å². The smallest absolute Gasteiger partial charge is 0.269 e. The van der Waals surface area contributed by atoms with Gasteiger partial charge in [0.25, 0.3) is 11.6 Å². The summed E-state index contributed by atoms with van der Waals surface area (Å²) in [6, 6.07) is 16.6. The molecule has 3 aromatic rings. The van der Waals surface area contributed by atoms with Crippen LogP contribution in [0.25, 0.3) is 17.3 Å². The number of amides is 1. The molecule has 3 rings (SSSR count). The van der Waals surface area contributed by atoms with Gasteiger partial charge in [0.05, 0.1) is 16.8 Å². The van der Waals surface area contributed by atoms with E-state index in [1.165, 1.54) is 36.5 Å². The first-order valence-corrected chi connectivity index (χ1v) is 7.85. The van der Waals surface area contributed by atoms with E-state index in [9.17, 15) is 20.2 Å². The van der Waals surface area contributed by atoms with Crippen molar-refractivity contribution in [2.24, 2.45) is 0 Å². The number of nitrogens with zero attached hydrogens (tertiary/aromatic N) is 3. The van der Waals surface area contributed by atoms with Crippen LogP contribution in [0.4, 0.5) is 11.4 Å². The molecule has 0 fully saturated rings. The standard InChI is InChI=1S/C19H13N5O3/c20-11-14(19(25)22-16-6-8-17(9-7-16)24(26)27)10-15-12-21-23-18(15)13-4-2-1-3-5-13/h1-10,12H,(H,21,23)(H,22,25). The van der Waals surface area contributed by atoms with Crippen molar-refractivity contribution in [2.75, 3.05) is 5.32 Å². The van der Waals surface area contributed by atoms with Gasteiger partial charge in [-0.1, -0.05) is 30.3 Å². The first-order valence-electron chi connectivity index (χ1n) is 7.85. The predicted octanol–water partition coefficient (Wildman–Crippen LogP) is 3.53. The predicted molar refractivity (Wildman–Crippen MR) is 99.3 cm³/mol. The Hall–Kier alpha value is -4.25. The number of nitrogens with one attached hydrogen (secondary N) is 2. The molecule has 0 saturated heterocycles. The third-order valence-electron chi connectivity index (χ3n) is 3.73. The molecule has 0 spiro atoms. The molecule has 0 atom stereocenters. The van der Waals surface area contributed by atoms with Gasteiger partial charge in [-0.15, -0.1) is 0 Å². The van der Waals surface area contributed by atoms with Crippen LogP contribution < -0.4 is 5.32 Å². The molecule has 1 amide bonds. The van der Waals surface area contributed by atoms with Gasteiger partial charge in [-0.2, -0.15) is 10.4 Å². The van der Waals surface area contributed by atoms with Crippen LogP contribution in [0.5, 0.6) is 0 Å². The Kier molecular flexibility index (Phi) is 5.05. The van der Waals surface area contributed by atoms with E-state index >= 15 is 0 Å². The van der Waals surface area contributed by atoms with E-state index < -0.39 is 10.8 Å². The number of aromatic amines is 1. The monoisotopic (exact) mass is 359 g/mol. The fourth-order valence-corrected chi connectivity index (χ4v) is 2.41. The zero-order chi connectivity index (χ0) is 19.2. The number of nitro groups is 1. The first-order chi connectivity index (χ1) is 13.1. The lowest BCUT2D eigenvalue weighted by atomic mass is 10.1. The summed E-state index contributed by atoms with van der Waals surface area (Å²) in [5.41, 5.74) is 2.29. The van der Waals surface area contributed by atoms with Crippen LogP contribution >= 0.6 is 0 Å². The molecule has 132 valence electrons. The molecule has 0 unspecified atom stereocenters. The number of nitriles is 1. The van der Waals surface area contributed by atoms with Gasteiger partial charge in [-0.05, 0) is 18.2 Å². The third kappa shape index (κ3) is 4.05. The summed E-state index contributed by atoms with van der Waals surface area (Å²) in [5.74, 6) is -0.619. The summed E-state index contributed by atoms with van der Waals surface area (Å²) in [6.45, 7) is 0. The topological polar surface area (TPSA) is 125 Å². The molecule has 2 aromatic carbocycles. The normalized spacial score (nSPS) is 10.9. The zero-order valence-electron chi connectivity index (χ0n) is 13.9. The van der Waals surface area contributed by atoms with E-state index in [2.05, 4.69) is 15.5 Å². The minimum atomic E-state index is -0.619. The number of nitro benzene ring substituents is 1. The summed E-state index contributed by atoms with van der Waals surface area (Å²) < 4.78 is 0. The number of hydrogen-bond acceptors (Lipinski definition) is 5. The average molecular weight is 359 g/mol. The maximum Gasteiger partial charge on any atom is 0.269 e. The summed E-state index contributed by atoms with van der Waals surface area (Å²) in [5, 5.41) is 29.4. The fraction of sp³-hybridized carbons (Fsp3) is 0. The second-order valence-electron chi connectivity index (χ2n) is 5.49. The van der Waals surface area contributed by atoms with Gasteiger partial charge >= 0.3 is 0 Å². The highest BCUT2D eigenvalue weighted by atomic mass is 16.6. The van der Waals surface area contributed by atoms with Gasteiger partial charge in [-0.3, -0.25) is 20.0 Å². The molecule has 8 heteroatoms. The lowest BCUT2D eigenvalue weighted by Crippen LogP contribution is -2.13. The molecule has 0 bridgehead atoms. The van der Waals surface area contributed by atoms with Crippen LogP contribution in [0.15, 0.2) is 66.4 Å². The van der Waals surface area contributed by atoms with Crippen molar-refractivity contribution in [3.8, 4) is 17.3 Å². The maximum absolute atomic E-state index is 12.4. The van der Waals surface area contributed by atoms with Gasteiger partial charge < -0.3 is 5.32 Å². The summed E-state index contributed by atoms with van der Waals surface area (Å²) in [4.78, 5) is 22.5. The van der Waals surface area contributed by atoms with Crippen LogP contribution in [0.2, 0.25) is 0 Å². The molecule has 1 aromatic heterocycles. The number of anilines is 1. The van der Waals surface area contributed by atoms with E-state index in [-0.39, 0.29) is 11.3 Å². The van der Waals surface area contributed by atoms with Crippen LogP contribution in [0.1, 0.15) is 5.56 Å². The second kappa shape index (κ2) is 7.76. The maximum atomic E-state index is 12.4. The molecule has 2 N–H and O–H groups in total. The minimum absolute atomic E-state index is 0.0880. The number of carbonyl (C=O) groups is 1. The Morgan fingerprint density at radius 2 is 1.89 bits per heavy atom. The first kappa shape index (κ1) is 17.6. The Balaban J connectivity index is 1.83. The molecule has 0 aliphatic heterocycles. The van der Waals surface area contributed by atoms with Crippen molar-refractivity contribution < 1.29 is 9.72 Å². The van der Waals surface area contributed by atoms with Crippen LogP contribution in [-0.2, 0) is 4.79 Å². The average Bonchev–Trinajstić information content (AvgIpc) is 3.15. The lowest BCUT2D eigenvalue weighted by molar-refractivity contribution is -0.384. The number of aromatic nitrogens is 2. The molecular weight excluding hydrogens is 346 g/mol. The fourth-order valence-electron chi connectivity index (χ4n) is 2.41. The summed E-state index contributed by atoms with van der Waals surface area (Å²) in [6.07, 6.45) is 2.96. The van der Waals surface area contributed by atoms with Crippen LogP contribution in [0, 0.1) is 21.4 Å². The van der Waals surface area contributed by atoms with Gasteiger partial charge in [0, 0.05) is 28.9 Å². The summed E-state index contributed by atoms with van der Waals surface area (Å²) >= 11 is 0. The number of non-ortho nitro benzene ring substituents is 1. The molecule has 0 aliphatic carbocycles. The van der Waals surface area contributed by atoms with Crippen molar-refractivity contribution in [3.05, 3.63) is 82.0 Å². The van der Waals surface area contributed by atoms with Crippen LogP contribution in [0.3, 0.4) is 0 Å². The number of benzene rings is 2. The number of rotatable bonds is 5. The SMILES string of the molecule is N#CC(=Cc1cn[nH]c1-c1ccccc1)C(=O)Nc1ccc([N+](=O)[O-])cc1. The molecule has 27 heavy (non-hydrogen) atoms. The number of H-pyrrole nitrogens is 1. The van der Waals surface area contributed by atoms with E-state index in [1.807, 2.05) is 36.4 Å². The van der Waals surface area contributed by atoms with E-state index in [0.29, 0.717) is 16.9 Å². The van der Waals surface area contributed by atoms with E-state index in [0.717, 1.165) is 5.56 Å². The molecule has 0 aliphatic rings. The van der Waals surface area contributed by atoms with Gasteiger partial charge in [0.15, 0.2) is 0 Å². The highest BCUT2D eigenvalue weighted by Crippen LogP contribution is 2.23. The molecule has 0 saturated carbocycles. The van der Waals surface area contributed by atoms with Crippen molar-refractivity contribution in [1.82, 2.24) is 10.2 Å². The molecular formula is C19H13N5O3. The quantitative estimate of drug-likeness (QED) is 0.312. The van der Waals surface area contributed by atoms with Crippen molar-refractivity contribution >= 4 is 23.4 Å². The Morgan fingerprint density at radius 3 is 2.52 bits per heavy atom. The third-order valence-corrected chi connectivity index (χ3v) is 3.73. The number of carbonyl (C=O) groups excluding carboxylic acids is 1. The Morgan fingerprint density at radius 1 is 1.19 bits per heavy atom. The largest absolute Gasteiger partial charge is 0.321 e. The molecule has 8 nitrogen and oxygen atoms in total. The van der Waals surface area contributed by atoms with Gasteiger partial charge in [0.1, 0.15) is 11.6 Å². The zero-order valence-corrected chi connectivity index (χ0v) is 13.9. The highest BCUT2D eigenvalue weighted by molar-refractivity contribution is 6.10. The van der Waals surface area contributed by atoms with Crippen molar-refractivity contribution in [3.63, 3.8) is 0 Å². The van der Waals surface area contributed by atoms with Gasteiger partial charge in [-0.25, -0.2) is 0 Å². The molecule has 1 heterocycles. The summed E-state index contributed by atoms with van der Waals surface area (Å²) in [7, 11) is 0. The lowest BCUT2D eigenvalue weighted by Gasteiger charge is -2.04. The van der Waals surface area contributed by atoms with Gasteiger partial charge in [0.2, 0.25) is 0 Å². The van der Waals surface area contributed by atoms with Crippen molar-refractivity contribution in [1.29, 1.82) is 5.26 Å².